The summed E-state index contributed by atoms with van der Waals surface area (Å²) in [5.74, 6) is 0.634. The Morgan fingerprint density at radius 2 is 2.24 bits per heavy atom. The van der Waals surface area contributed by atoms with Gasteiger partial charge in [-0.3, -0.25) is 9.69 Å². The van der Waals surface area contributed by atoms with Gasteiger partial charge in [0.2, 0.25) is 11.8 Å². The topological polar surface area (TPSA) is 80.5 Å². The van der Waals surface area contributed by atoms with Crippen LogP contribution in [-0.2, 0) is 9.53 Å². The van der Waals surface area contributed by atoms with Crippen molar-refractivity contribution in [3.05, 3.63) is 5.89 Å². The number of hydrogen-bond acceptors (Lipinski definition) is 6. The molecule has 1 aromatic heterocycles. The zero-order chi connectivity index (χ0) is 12.4. The molecule has 0 bridgehead atoms. The molecule has 1 fully saturated rings. The van der Waals surface area contributed by atoms with Crippen LogP contribution in [0, 0.1) is 6.92 Å². The number of likely N-dealkylation sites (N-methyl/N-ethyl adjacent to an activating group) is 1. The number of carbonyl (C=O) groups excluding carboxylic acids is 1. The average Bonchev–Trinajstić information content (AvgIpc) is 2.65. The molecule has 0 saturated carbocycles. The van der Waals surface area contributed by atoms with Crippen molar-refractivity contribution in [2.45, 2.75) is 25.9 Å². The molecule has 1 aliphatic heterocycles. The highest BCUT2D eigenvalue weighted by molar-refractivity contribution is 5.96. The number of aromatic nitrogens is 2. The van der Waals surface area contributed by atoms with Gasteiger partial charge in [-0.05, 0) is 19.1 Å². The molecule has 1 saturated heterocycles. The average molecular weight is 240 g/mol. The maximum absolute atomic E-state index is 12.3. The summed E-state index contributed by atoms with van der Waals surface area (Å²) in [5, 5.41) is 6.70. The van der Waals surface area contributed by atoms with Gasteiger partial charge in [-0.25, -0.2) is 0 Å². The van der Waals surface area contributed by atoms with Gasteiger partial charge in [0.15, 0.2) is 0 Å². The molecule has 0 aromatic carbocycles. The zero-order valence-electron chi connectivity index (χ0n) is 10.1. The number of nitrogens with zero attached hydrogens (tertiary/aromatic N) is 3. The molecule has 0 aliphatic carbocycles. The van der Waals surface area contributed by atoms with E-state index in [0.29, 0.717) is 25.1 Å². The predicted molar refractivity (Wildman–Crippen MR) is 59.6 cm³/mol. The Labute approximate surface area is 99.1 Å². The fourth-order valence-corrected chi connectivity index (χ4v) is 1.78. The van der Waals surface area contributed by atoms with Gasteiger partial charge in [-0.1, -0.05) is 0 Å². The number of ether oxygens (including phenoxy) is 1. The maximum atomic E-state index is 12.3. The molecule has 0 spiro atoms. The highest BCUT2D eigenvalue weighted by Gasteiger charge is 2.34. The Hall–Kier alpha value is -1.47. The summed E-state index contributed by atoms with van der Waals surface area (Å²) >= 11 is 0. The van der Waals surface area contributed by atoms with E-state index in [4.69, 9.17) is 9.26 Å². The molecule has 2 atom stereocenters. The van der Waals surface area contributed by atoms with Gasteiger partial charge in [-0.15, -0.1) is 0 Å². The third-order valence-electron chi connectivity index (χ3n) is 2.70. The lowest BCUT2D eigenvalue weighted by Gasteiger charge is -2.24. The third kappa shape index (κ3) is 2.29. The Balaban J connectivity index is 2.30. The van der Waals surface area contributed by atoms with Crippen LogP contribution in [0.1, 0.15) is 12.8 Å². The van der Waals surface area contributed by atoms with Crippen LogP contribution in [0.25, 0.3) is 0 Å². The van der Waals surface area contributed by atoms with Crippen LogP contribution in [0.5, 0.6) is 0 Å². The summed E-state index contributed by atoms with van der Waals surface area (Å²) in [7, 11) is 1.72. The van der Waals surface area contributed by atoms with Gasteiger partial charge in [0, 0.05) is 6.92 Å². The van der Waals surface area contributed by atoms with Gasteiger partial charge < -0.3 is 14.6 Å². The molecule has 7 heteroatoms. The third-order valence-corrected chi connectivity index (χ3v) is 2.70. The minimum absolute atomic E-state index is 0.0988. The van der Waals surface area contributed by atoms with Crippen molar-refractivity contribution in [3.63, 3.8) is 0 Å². The lowest BCUT2D eigenvalue weighted by molar-refractivity contribution is -0.121. The number of carbonyl (C=O) groups is 1. The van der Waals surface area contributed by atoms with Crippen molar-refractivity contribution in [1.29, 1.82) is 0 Å². The predicted octanol–water partition coefficient (Wildman–Crippen LogP) is -0.282. The molecule has 1 amide bonds. The fourth-order valence-electron chi connectivity index (χ4n) is 1.78. The summed E-state index contributed by atoms with van der Waals surface area (Å²) in [6.07, 6.45) is 0. The van der Waals surface area contributed by atoms with Crippen molar-refractivity contribution >= 4 is 11.9 Å². The fraction of sp³-hybridized carbons (Fsp3) is 0.700. The normalized spacial score (nSPS) is 26.1. The largest absolute Gasteiger partial charge is 0.377 e. The van der Waals surface area contributed by atoms with Crippen LogP contribution in [0.2, 0.25) is 0 Å². The lowest BCUT2D eigenvalue weighted by Crippen LogP contribution is -2.49. The van der Waals surface area contributed by atoms with Crippen LogP contribution in [0.15, 0.2) is 4.52 Å². The van der Waals surface area contributed by atoms with E-state index in [1.54, 1.807) is 14.0 Å². The van der Waals surface area contributed by atoms with Gasteiger partial charge in [0.25, 0.3) is 5.95 Å². The molecule has 1 aliphatic rings. The van der Waals surface area contributed by atoms with Gasteiger partial charge >= 0.3 is 0 Å². The van der Waals surface area contributed by atoms with Crippen molar-refractivity contribution in [1.82, 2.24) is 15.5 Å². The minimum atomic E-state index is -0.376. The summed E-state index contributed by atoms with van der Waals surface area (Å²) in [5.41, 5.74) is 0. The molecule has 17 heavy (non-hydrogen) atoms. The van der Waals surface area contributed by atoms with E-state index in [0.717, 1.165) is 0 Å². The molecular weight excluding hydrogens is 224 g/mol. The molecule has 1 aromatic rings. The van der Waals surface area contributed by atoms with Crippen LogP contribution >= 0.6 is 0 Å². The molecule has 2 heterocycles. The second-order valence-electron chi connectivity index (χ2n) is 4.05. The van der Waals surface area contributed by atoms with E-state index in [2.05, 4.69) is 15.5 Å². The number of anilines is 1. The quantitative estimate of drug-likeness (QED) is 0.765. The number of hydrogen-bond donors (Lipinski definition) is 1. The highest BCUT2D eigenvalue weighted by atomic mass is 16.5. The summed E-state index contributed by atoms with van der Waals surface area (Å²) in [4.78, 5) is 17.9. The SMILES string of the molecule is CNC1COCC(C)N(c2noc(C)n2)C1=O. The van der Waals surface area contributed by atoms with Crippen LogP contribution in [0.4, 0.5) is 5.95 Å². The van der Waals surface area contributed by atoms with Gasteiger partial charge in [-0.2, -0.15) is 4.98 Å². The van der Waals surface area contributed by atoms with Crippen LogP contribution in [0.3, 0.4) is 0 Å². The Morgan fingerprint density at radius 1 is 1.47 bits per heavy atom. The first-order valence-corrected chi connectivity index (χ1v) is 5.52. The Bertz CT molecular complexity index is 406. The van der Waals surface area contributed by atoms with Crippen molar-refractivity contribution in [2.24, 2.45) is 0 Å². The zero-order valence-corrected chi connectivity index (χ0v) is 10.1. The van der Waals surface area contributed by atoms with E-state index >= 15 is 0 Å². The van der Waals surface area contributed by atoms with Crippen LogP contribution in [-0.4, -0.2) is 48.4 Å². The second kappa shape index (κ2) is 4.80. The van der Waals surface area contributed by atoms with Crippen LogP contribution < -0.4 is 10.2 Å². The van der Waals surface area contributed by atoms with Crippen molar-refractivity contribution < 1.29 is 14.1 Å². The van der Waals surface area contributed by atoms with E-state index in [-0.39, 0.29) is 18.0 Å². The first-order chi connectivity index (χ1) is 8.13. The molecule has 2 rings (SSSR count). The first-order valence-electron chi connectivity index (χ1n) is 5.52. The van der Waals surface area contributed by atoms with E-state index < -0.39 is 0 Å². The number of nitrogens with one attached hydrogen (secondary N) is 1. The standard InChI is InChI=1S/C10H16N4O3/c1-6-4-16-5-8(11-3)9(15)14(6)10-12-7(2)17-13-10/h6,8,11H,4-5H2,1-3H3. The Kier molecular flexibility index (Phi) is 3.39. The molecule has 2 unspecified atom stereocenters. The Morgan fingerprint density at radius 3 is 2.82 bits per heavy atom. The first kappa shape index (κ1) is 12.0. The molecule has 1 N–H and O–H groups in total. The smallest absolute Gasteiger partial charge is 0.273 e. The molecule has 0 radical (unpaired) electrons. The van der Waals surface area contributed by atoms with E-state index in [9.17, 15) is 4.79 Å². The summed E-state index contributed by atoms with van der Waals surface area (Å²) < 4.78 is 10.3. The minimum Gasteiger partial charge on any atom is -0.377 e. The van der Waals surface area contributed by atoms with Crippen molar-refractivity contribution in [2.75, 3.05) is 25.2 Å². The summed E-state index contributed by atoms with van der Waals surface area (Å²) in [6, 6.07) is -0.489. The number of aryl methyl sites for hydroxylation is 1. The number of rotatable bonds is 2. The highest BCUT2D eigenvalue weighted by Crippen LogP contribution is 2.17. The maximum Gasteiger partial charge on any atom is 0.273 e. The monoisotopic (exact) mass is 240 g/mol. The second-order valence-corrected chi connectivity index (χ2v) is 4.05. The molecule has 7 nitrogen and oxygen atoms in total. The van der Waals surface area contributed by atoms with Crippen molar-refractivity contribution in [3.8, 4) is 0 Å². The van der Waals surface area contributed by atoms with E-state index in [1.807, 2.05) is 6.92 Å². The van der Waals surface area contributed by atoms with Gasteiger partial charge in [0.05, 0.1) is 19.3 Å². The van der Waals surface area contributed by atoms with E-state index in [1.165, 1.54) is 4.90 Å². The molecule has 94 valence electrons. The number of amides is 1. The van der Waals surface area contributed by atoms with Gasteiger partial charge in [0.1, 0.15) is 6.04 Å². The molecular formula is C10H16N4O3. The lowest BCUT2D eigenvalue weighted by atomic mass is 10.2. The summed E-state index contributed by atoms with van der Waals surface area (Å²) in [6.45, 7) is 4.39.